The van der Waals surface area contributed by atoms with Crippen molar-refractivity contribution in [2.24, 2.45) is 0 Å². The molecule has 0 saturated heterocycles. The van der Waals surface area contributed by atoms with E-state index in [-0.39, 0.29) is 11.7 Å². The monoisotopic (exact) mass is 275 g/mol. The van der Waals surface area contributed by atoms with Gasteiger partial charge in [0.1, 0.15) is 5.82 Å². The smallest absolute Gasteiger partial charge is 0.255 e. The molecule has 2 rings (SSSR count). The average Bonchev–Trinajstić information content (AvgIpc) is 2.38. The molecule has 0 aromatic heterocycles. The zero-order valence-corrected chi connectivity index (χ0v) is 11.6. The summed E-state index contributed by atoms with van der Waals surface area (Å²) in [5, 5.41) is 2.82. The van der Waals surface area contributed by atoms with E-state index in [1.807, 2.05) is 30.5 Å². The second-order valence-corrected chi connectivity index (χ2v) is 5.02. The van der Waals surface area contributed by atoms with Crippen molar-refractivity contribution in [3.8, 4) is 0 Å². The summed E-state index contributed by atoms with van der Waals surface area (Å²) in [5.74, 6) is -0.561. The molecule has 0 spiro atoms. The molecule has 2 nitrogen and oxygen atoms in total. The number of anilines is 1. The van der Waals surface area contributed by atoms with E-state index in [4.69, 9.17) is 0 Å². The number of carbonyl (C=O) groups excluding carboxylic acids is 1. The SMILES string of the molecule is CSc1cccc(NC(=O)c2ccc(F)cc2C)c1. The molecule has 19 heavy (non-hydrogen) atoms. The minimum Gasteiger partial charge on any atom is -0.322 e. The molecule has 1 amide bonds. The maximum Gasteiger partial charge on any atom is 0.255 e. The van der Waals surface area contributed by atoms with Gasteiger partial charge in [0.15, 0.2) is 0 Å². The number of halogens is 1. The van der Waals surface area contributed by atoms with Crippen LogP contribution in [0.2, 0.25) is 0 Å². The second-order valence-electron chi connectivity index (χ2n) is 4.15. The van der Waals surface area contributed by atoms with Gasteiger partial charge in [-0.25, -0.2) is 4.39 Å². The molecule has 0 heterocycles. The number of hydrogen-bond acceptors (Lipinski definition) is 2. The highest BCUT2D eigenvalue weighted by atomic mass is 32.2. The molecule has 0 unspecified atom stereocenters. The van der Waals surface area contributed by atoms with E-state index < -0.39 is 0 Å². The van der Waals surface area contributed by atoms with Gasteiger partial charge in [-0.3, -0.25) is 4.79 Å². The molecular formula is C15H14FNOS. The molecule has 0 radical (unpaired) electrons. The van der Waals surface area contributed by atoms with Gasteiger partial charge in [-0.1, -0.05) is 6.07 Å². The summed E-state index contributed by atoms with van der Waals surface area (Å²) in [6.07, 6.45) is 1.98. The Kier molecular flexibility index (Phi) is 4.22. The van der Waals surface area contributed by atoms with Gasteiger partial charge in [0.25, 0.3) is 5.91 Å². The number of aryl methyl sites for hydroxylation is 1. The number of amides is 1. The van der Waals surface area contributed by atoms with Crippen molar-refractivity contribution in [3.63, 3.8) is 0 Å². The molecule has 0 fully saturated rings. The zero-order chi connectivity index (χ0) is 13.8. The van der Waals surface area contributed by atoms with Crippen molar-refractivity contribution in [2.75, 3.05) is 11.6 Å². The fourth-order valence-corrected chi connectivity index (χ4v) is 2.24. The topological polar surface area (TPSA) is 29.1 Å². The van der Waals surface area contributed by atoms with Crippen LogP contribution < -0.4 is 5.32 Å². The lowest BCUT2D eigenvalue weighted by atomic mass is 10.1. The molecule has 0 atom stereocenters. The molecule has 2 aromatic rings. The summed E-state index contributed by atoms with van der Waals surface area (Å²) in [7, 11) is 0. The van der Waals surface area contributed by atoms with Gasteiger partial charge in [0.2, 0.25) is 0 Å². The molecular weight excluding hydrogens is 261 g/mol. The second kappa shape index (κ2) is 5.89. The molecule has 0 aliphatic rings. The number of benzene rings is 2. The van der Waals surface area contributed by atoms with Gasteiger partial charge < -0.3 is 5.32 Å². The van der Waals surface area contributed by atoms with Gasteiger partial charge in [-0.2, -0.15) is 0 Å². The van der Waals surface area contributed by atoms with Crippen molar-refractivity contribution in [3.05, 3.63) is 59.4 Å². The number of thioether (sulfide) groups is 1. The first kappa shape index (κ1) is 13.6. The Morgan fingerprint density at radius 3 is 2.68 bits per heavy atom. The van der Waals surface area contributed by atoms with Crippen LogP contribution in [0.15, 0.2) is 47.4 Å². The van der Waals surface area contributed by atoms with E-state index in [0.29, 0.717) is 11.1 Å². The fraction of sp³-hybridized carbons (Fsp3) is 0.133. The normalized spacial score (nSPS) is 10.3. The largest absolute Gasteiger partial charge is 0.322 e. The third-order valence-corrected chi connectivity index (χ3v) is 3.49. The number of hydrogen-bond donors (Lipinski definition) is 1. The van der Waals surface area contributed by atoms with Crippen molar-refractivity contribution in [1.82, 2.24) is 0 Å². The fourth-order valence-electron chi connectivity index (χ4n) is 1.78. The number of carbonyl (C=O) groups is 1. The molecule has 0 aliphatic heterocycles. The summed E-state index contributed by atoms with van der Waals surface area (Å²) in [6, 6.07) is 11.7. The summed E-state index contributed by atoms with van der Waals surface area (Å²) >= 11 is 1.61. The van der Waals surface area contributed by atoms with E-state index in [9.17, 15) is 9.18 Å². The van der Waals surface area contributed by atoms with E-state index in [1.165, 1.54) is 18.2 Å². The summed E-state index contributed by atoms with van der Waals surface area (Å²) in [6.45, 7) is 1.72. The van der Waals surface area contributed by atoms with Crippen LogP contribution >= 0.6 is 11.8 Å². The van der Waals surface area contributed by atoms with Gasteiger partial charge in [-0.05, 0) is 55.1 Å². The molecule has 0 saturated carbocycles. The minimum absolute atomic E-state index is 0.226. The lowest BCUT2D eigenvalue weighted by Gasteiger charge is -2.08. The lowest BCUT2D eigenvalue weighted by molar-refractivity contribution is 0.102. The third-order valence-electron chi connectivity index (χ3n) is 2.76. The Morgan fingerprint density at radius 1 is 1.21 bits per heavy atom. The molecule has 98 valence electrons. The first-order valence-corrected chi connectivity index (χ1v) is 7.04. The zero-order valence-electron chi connectivity index (χ0n) is 10.7. The number of rotatable bonds is 3. The van der Waals surface area contributed by atoms with Crippen molar-refractivity contribution >= 4 is 23.4 Å². The van der Waals surface area contributed by atoms with Gasteiger partial charge in [-0.15, -0.1) is 11.8 Å². The van der Waals surface area contributed by atoms with Crippen LogP contribution in [0.25, 0.3) is 0 Å². The predicted molar refractivity (Wildman–Crippen MR) is 77.3 cm³/mol. The first-order valence-electron chi connectivity index (χ1n) is 5.81. The van der Waals surface area contributed by atoms with E-state index in [1.54, 1.807) is 18.7 Å². The van der Waals surface area contributed by atoms with Gasteiger partial charge in [0.05, 0.1) is 0 Å². The quantitative estimate of drug-likeness (QED) is 0.854. The van der Waals surface area contributed by atoms with Crippen molar-refractivity contribution < 1.29 is 9.18 Å². The van der Waals surface area contributed by atoms with Crippen LogP contribution in [0, 0.1) is 12.7 Å². The van der Waals surface area contributed by atoms with E-state index >= 15 is 0 Å². The van der Waals surface area contributed by atoms with Gasteiger partial charge in [0, 0.05) is 16.1 Å². The maximum atomic E-state index is 13.0. The molecule has 2 aromatic carbocycles. The molecule has 4 heteroatoms. The van der Waals surface area contributed by atoms with Crippen LogP contribution in [0.1, 0.15) is 15.9 Å². The highest BCUT2D eigenvalue weighted by Crippen LogP contribution is 2.20. The van der Waals surface area contributed by atoms with E-state index in [2.05, 4.69) is 5.32 Å². The molecule has 0 aliphatic carbocycles. The van der Waals surface area contributed by atoms with Crippen LogP contribution in [0.5, 0.6) is 0 Å². The average molecular weight is 275 g/mol. The summed E-state index contributed by atoms with van der Waals surface area (Å²) < 4.78 is 13.0. The van der Waals surface area contributed by atoms with Crippen LogP contribution in [-0.4, -0.2) is 12.2 Å². The van der Waals surface area contributed by atoms with Crippen molar-refractivity contribution in [1.29, 1.82) is 0 Å². The summed E-state index contributed by atoms with van der Waals surface area (Å²) in [4.78, 5) is 13.2. The van der Waals surface area contributed by atoms with Crippen LogP contribution in [0.4, 0.5) is 10.1 Å². The standard InChI is InChI=1S/C15H14FNOS/c1-10-8-11(16)6-7-14(10)15(18)17-12-4-3-5-13(9-12)19-2/h3-9H,1-2H3,(H,17,18). The highest BCUT2D eigenvalue weighted by Gasteiger charge is 2.10. The molecule has 1 N–H and O–H groups in total. The third kappa shape index (κ3) is 3.35. The van der Waals surface area contributed by atoms with Crippen LogP contribution in [0.3, 0.4) is 0 Å². The number of nitrogens with one attached hydrogen (secondary N) is 1. The van der Waals surface area contributed by atoms with Crippen molar-refractivity contribution in [2.45, 2.75) is 11.8 Å². The van der Waals surface area contributed by atoms with Crippen LogP contribution in [-0.2, 0) is 0 Å². The summed E-state index contributed by atoms with van der Waals surface area (Å²) in [5.41, 5.74) is 1.84. The Balaban J connectivity index is 2.20. The predicted octanol–water partition coefficient (Wildman–Crippen LogP) is 4.11. The van der Waals surface area contributed by atoms with E-state index in [0.717, 1.165) is 10.6 Å². The Morgan fingerprint density at radius 2 is 2.00 bits per heavy atom. The Bertz CT molecular complexity index is 613. The molecule has 0 bridgehead atoms. The lowest BCUT2D eigenvalue weighted by Crippen LogP contribution is -2.13. The highest BCUT2D eigenvalue weighted by molar-refractivity contribution is 7.98. The Labute approximate surface area is 116 Å². The maximum absolute atomic E-state index is 13.0. The Hall–Kier alpha value is -1.81. The first-order chi connectivity index (χ1) is 9.10. The minimum atomic E-state index is -0.335. The van der Waals surface area contributed by atoms with Gasteiger partial charge >= 0.3 is 0 Å².